The maximum Gasteiger partial charge on any atom is 0.0450 e. The van der Waals surface area contributed by atoms with E-state index < -0.39 is 0 Å². The van der Waals surface area contributed by atoms with Crippen LogP contribution in [0.15, 0.2) is 24.3 Å². The van der Waals surface area contributed by atoms with Crippen molar-refractivity contribution >= 4 is 0 Å². The molecule has 0 aromatic heterocycles. The second-order valence-corrected chi connectivity index (χ2v) is 6.10. The highest BCUT2D eigenvalue weighted by Crippen LogP contribution is 2.24. The minimum Gasteiger partial charge on any atom is -0.323 e. The number of nitrogens with two attached hydrogens (primary N) is 1. The van der Waals surface area contributed by atoms with Gasteiger partial charge in [-0.2, -0.15) is 0 Å². The van der Waals surface area contributed by atoms with Gasteiger partial charge in [0, 0.05) is 18.6 Å². The smallest absolute Gasteiger partial charge is 0.0450 e. The summed E-state index contributed by atoms with van der Waals surface area (Å²) in [6.45, 7) is 9.21. The van der Waals surface area contributed by atoms with Crippen LogP contribution in [0.25, 0.3) is 0 Å². The largest absolute Gasteiger partial charge is 0.323 e. The summed E-state index contributed by atoms with van der Waals surface area (Å²) >= 11 is 0. The van der Waals surface area contributed by atoms with Crippen LogP contribution < -0.4 is 5.73 Å². The van der Waals surface area contributed by atoms with Gasteiger partial charge in [0.25, 0.3) is 0 Å². The van der Waals surface area contributed by atoms with Crippen LogP contribution in [-0.2, 0) is 6.42 Å². The summed E-state index contributed by atoms with van der Waals surface area (Å²) in [4.78, 5) is 2.56. The number of aryl methyl sites for hydroxylation is 1. The van der Waals surface area contributed by atoms with Gasteiger partial charge in [-0.3, -0.25) is 4.90 Å². The van der Waals surface area contributed by atoms with E-state index in [-0.39, 0.29) is 6.04 Å². The average Bonchev–Trinajstić information content (AvgIpc) is 2.46. The number of hydrogen-bond acceptors (Lipinski definition) is 2. The molecule has 1 aliphatic rings. The zero-order valence-corrected chi connectivity index (χ0v) is 12.6. The Morgan fingerprint density at radius 3 is 2.58 bits per heavy atom. The Balaban J connectivity index is 2.02. The van der Waals surface area contributed by atoms with E-state index in [1.54, 1.807) is 0 Å². The molecule has 3 atom stereocenters. The zero-order chi connectivity index (χ0) is 13.8. The van der Waals surface area contributed by atoms with Crippen LogP contribution in [0.1, 0.15) is 50.8 Å². The lowest BCUT2D eigenvalue weighted by Gasteiger charge is -2.38. The van der Waals surface area contributed by atoms with E-state index in [4.69, 9.17) is 5.73 Å². The summed E-state index contributed by atoms with van der Waals surface area (Å²) in [6.07, 6.45) is 3.77. The van der Waals surface area contributed by atoms with E-state index in [9.17, 15) is 0 Å². The molecule has 1 aromatic rings. The van der Waals surface area contributed by atoms with E-state index in [0.29, 0.717) is 6.04 Å². The van der Waals surface area contributed by atoms with Crippen LogP contribution >= 0.6 is 0 Å². The van der Waals surface area contributed by atoms with E-state index in [0.717, 1.165) is 12.3 Å². The molecule has 0 spiro atoms. The molecule has 19 heavy (non-hydrogen) atoms. The first kappa shape index (κ1) is 14.5. The molecule has 2 heteroatoms. The van der Waals surface area contributed by atoms with Crippen LogP contribution in [0.2, 0.25) is 0 Å². The third-order valence-corrected chi connectivity index (χ3v) is 4.56. The molecule has 0 saturated carbocycles. The average molecular weight is 260 g/mol. The summed E-state index contributed by atoms with van der Waals surface area (Å²) < 4.78 is 0. The van der Waals surface area contributed by atoms with Gasteiger partial charge in [0.05, 0.1) is 0 Å². The number of rotatable bonds is 4. The topological polar surface area (TPSA) is 29.3 Å². The zero-order valence-electron chi connectivity index (χ0n) is 12.6. The molecular formula is C17H28N2. The monoisotopic (exact) mass is 260 g/mol. The highest BCUT2D eigenvalue weighted by atomic mass is 15.2. The predicted octanol–water partition coefficient (Wildman–Crippen LogP) is 3.37. The second kappa shape index (κ2) is 6.53. The Labute approximate surface area is 118 Å². The molecular weight excluding hydrogens is 232 g/mol. The summed E-state index contributed by atoms with van der Waals surface area (Å²) in [5, 5.41) is 0. The molecule has 106 valence electrons. The van der Waals surface area contributed by atoms with Crippen molar-refractivity contribution in [2.45, 2.75) is 52.1 Å². The van der Waals surface area contributed by atoms with Gasteiger partial charge in [0.2, 0.25) is 0 Å². The molecule has 2 rings (SSSR count). The number of piperidine rings is 1. The molecule has 1 fully saturated rings. The minimum atomic E-state index is 0.121. The third-order valence-electron chi connectivity index (χ3n) is 4.56. The van der Waals surface area contributed by atoms with Crippen LogP contribution in [0.3, 0.4) is 0 Å². The van der Waals surface area contributed by atoms with Crippen molar-refractivity contribution in [1.82, 2.24) is 4.90 Å². The fraction of sp³-hybridized carbons (Fsp3) is 0.647. The molecule has 0 amide bonds. The Morgan fingerprint density at radius 2 is 2.00 bits per heavy atom. The van der Waals surface area contributed by atoms with Crippen LogP contribution in [0.4, 0.5) is 0 Å². The minimum absolute atomic E-state index is 0.121. The molecule has 2 N–H and O–H groups in total. The summed E-state index contributed by atoms with van der Waals surface area (Å²) in [5.74, 6) is 0.811. The lowest BCUT2D eigenvalue weighted by Crippen LogP contribution is -2.45. The molecule has 1 aliphatic heterocycles. The van der Waals surface area contributed by atoms with Crippen LogP contribution in [0.5, 0.6) is 0 Å². The molecule has 0 radical (unpaired) electrons. The maximum absolute atomic E-state index is 6.46. The van der Waals surface area contributed by atoms with Gasteiger partial charge in [-0.15, -0.1) is 0 Å². The summed E-state index contributed by atoms with van der Waals surface area (Å²) in [6, 6.07) is 9.37. The van der Waals surface area contributed by atoms with Gasteiger partial charge in [0.15, 0.2) is 0 Å². The Morgan fingerprint density at radius 1 is 1.32 bits per heavy atom. The fourth-order valence-electron chi connectivity index (χ4n) is 3.08. The first-order valence-electron chi connectivity index (χ1n) is 7.70. The molecule has 0 aliphatic carbocycles. The van der Waals surface area contributed by atoms with Crippen molar-refractivity contribution in [3.05, 3.63) is 35.4 Å². The van der Waals surface area contributed by atoms with Gasteiger partial charge < -0.3 is 5.73 Å². The van der Waals surface area contributed by atoms with Crippen molar-refractivity contribution in [2.75, 3.05) is 13.1 Å². The van der Waals surface area contributed by atoms with Gasteiger partial charge in [0.1, 0.15) is 0 Å². The molecule has 2 nitrogen and oxygen atoms in total. The highest BCUT2D eigenvalue weighted by molar-refractivity contribution is 5.25. The van der Waals surface area contributed by atoms with Gasteiger partial charge in [-0.05, 0) is 49.8 Å². The van der Waals surface area contributed by atoms with E-state index in [2.05, 4.69) is 49.9 Å². The van der Waals surface area contributed by atoms with Crippen molar-refractivity contribution < 1.29 is 0 Å². The van der Waals surface area contributed by atoms with E-state index in [1.165, 1.54) is 37.1 Å². The number of benzene rings is 1. The van der Waals surface area contributed by atoms with Crippen molar-refractivity contribution in [2.24, 2.45) is 11.7 Å². The summed E-state index contributed by atoms with van der Waals surface area (Å²) in [7, 11) is 0. The van der Waals surface area contributed by atoms with Gasteiger partial charge in [-0.25, -0.2) is 0 Å². The second-order valence-electron chi connectivity index (χ2n) is 6.10. The first-order valence-corrected chi connectivity index (χ1v) is 7.70. The quantitative estimate of drug-likeness (QED) is 0.899. The van der Waals surface area contributed by atoms with Crippen molar-refractivity contribution in [1.29, 1.82) is 0 Å². The third kappa shape index (κ3) is 3.58. The maximum atomic E-state index is 6.46. The number of likely N-dealkylation sites (tertiary alicyclic amines) is 1. The van der Waals surface area contributed by atoms with Gasteiger partial charge in [-0.1, -0.05) is 38.1 Å². The molecule has 1 heterocycles. The van der Waals surface area contributed by atoms with E-state index in [1.807, 2.05) is 0 Å². The lowest BCUT2D eigenvalue weighted by atomic mass is 9.94. The Bertz CT molecular complexity index is 385. The van der Waals surface area contributed by atoms with Crippen molar-refractivity contribution in [3.8, 4) is 0 Å². The van der Waals surface area contributed by atoms with Crippen LogP contribution in [-0.4, -0.2) is 24.0 Å². The van der Waals surface area contributed by atoms with E-state index >= 15 is 0 Å². The molecule has 1 aromatic carbocycles. The predicted molar refractivity (Wildman–Crippen MR) is 82.2 cm³/mol. The highest BCUT2D eigenvalue weighted by Gasteiger charge is 2.25. The Hall–Kier alpha value is -0.860. The van der Waals surface area contributed by atoms with Gasteiger partial charge >= 0.3 is 0 Å². The fourth-order valence-corrected chi connectivity index (χ4v) is 3.08. The Kier molecular flexibility index (Phi) is 5.00. The molecule has 0 bridgehead atoms. The SMILES string of the molecule is CCc1ccc(C(N)C(C)N2CCCC(C)C2)cc1. The number of hydrogen-bond donors (Lipinski definition) is 1. The van der Waals surface area contributed by atoms with Crippen LogP contribution in [0, 0.1) is 5.92 Å². The lowest BCUT2D eigenvalue weighted by molar-refractivity contribution is 0.122. The summed E-state index contributed by atoms with van der Waals surface area (Å²) in [5.41, 5.74) is 9.12. The molecule has 3 unspecified atom stereocenters. The normalized spacial score (nSPS) is 24.1. The first-order chi connectivity index (χ1) is 9.11. The molecule has 1 saturated heterocycles. The number of nitrogens with zero attached hydrogens (tertiary/aromatic N) is 1. The standard InChI is InChI=1S/C17H28N2/c1-4-15-7-9-16(10-8-15)17(18)14(3)19-11-5-6-13(2)12-19/h7-10,13-14,17H,4-6,11-12,18H2,1-3H3. The van der Waals surface area contributed by atoms with Crippen molar-refractivity contribution in [3.63, 3.8) is 0 Å².